The quantitative estimate of drug-likeness (QED) is 0.468. The highest BCUT2D eigenvalue weighted by Gasteiger charge is 2.12. The van der Waals surface area contributed by atoms with Crippen LogP contribution in [0.2, 0.25) is 0 Å². The molecule has 0 saturated heterocycles. The Morgan fingerprint density at radius 1 is 1.10 bits per heavy atom. The fraction of sp³-hybridized carbons (Fsp3) is 0.200. The smallest absolute Gasteiger partial charge is 0.337 e. The minimum absolute atomic E-state index is 0.0592. The summed E-state index contributed by atoms with van der Waals surface area (Å²) in [6, 6.07) is 11.9. The molecule has 0 saturated carbocycles. The van der Waals surface area contributed by atoms with E-state index in [0.717, 1.165) is 4.70 Å². The molecule has 1 amide bonds. The molecule has 150 valence electrons. The molecule has 0 aliphatic carbocycles. The Hall–Kier alpha value is -3.04. The van der Waals surface area contributed by atoms with E-state index in [1.54, 1.807) is 42.5 Å². The van der Waals surface area contributed by atoms with Crippen LogP contribution in [0, 0.1) is 0 Å². The van der Waals surface area contributed by atoms with Crippen LogP contribution in [0.5, 0.6) is 5.75 Å². The largest absolute Gasteiger partial charge is 0.491 e. The minimum Gasteiger partial charge on any atom is -0.491 e. The van der Waals surface area contributed by atoms with Gasteiger partial charge in [-0.05, 0) is 68.5 Å². The van der Waals surface area contributed by atoms with E-state index in [4.69, 9.17) is 21.7 Å². The van der Waals surface area contributed by atoms with Crippen LogP contribution in [0.25, 0.3) is 10.2 Å². The molecule has 1 heterocycles. The van der Waals surface area contributed by atoms with E-state index in [9.17, 15) is 9.59 Å². The van der Waals surface area contributed by atoms with E-state index in [1.165, 1.54) is 18.4 Å². The van der Waals surface area contributed by atoms with Gasteiger partial charge in [0, 0.05) is 5.56 Å². The number of carbonyl (C=O) groups is 2. The molecule has 1 aromatic heterocycles. The number of benzene rings is 2. The first-order valence-electron chi connectivity index (χ1n) is 8.73. The minimum atomic E-state index is -0.414. The van der Waals surface area contributed by atoms with Gasteiger partial charge in [0.05, 0.1) is 29.0 Å². The normalized spacial score (nSPS) is 10.6. The van der Waals surface area contributed by atoms with E-state index >= 15 is 0 Å². The third kappa shape index (κ3) is 5.27. The lowest BCUT2D eigenvalue weighted by Crippen LogP contribution is -2.34. The molecule has 3 rings (SSSR count). The zero-order valence-electron chi connectivity index (χ0n) is 16.0. The first-order chi connectivity index (χ1) is 13.9. The Morgan fingerprint density at radius 3 is 2.45 bits per heavy atom. The maximum atomic E-state index is 12.4. The number of fused-ring (bicyclic) bond motifs is 1. The standard InChI is InChI=1S/C20H19N3O4S2/c1-11(2)27-14-7-4-12(5-8-14)17(24)22-19(28)23-20-21-15-9-6-13(18(25)26-3)10-16(15)29-20/h4-11H,1-3H3,(H2,21,22,23,24,28). The maximum absolute atomic E-state index is 12.4. The fourth-order valence-electron chi connectivity index (χ4n) is 2.48. The second-order valence-electron chi connectivity index (χ2n) is 6.29. The summed E-state index contributed by atoms with van der Waals surface area (Å²) in [5.74, 6) is -0.0619. The van der Waals surface area contributed by atoms with Gasteiger partial charge in [0.2, 0.25) is 0 Å². The molecular weight excluding hydrogens is 410 g/mol. The molecule has 7 nitrogen and oxygen atoms in total. The van der Waals surface area contributed by atoms with Crippen molar-refractivity contribution in [2.75, 3.05) is 12.4 Å². The number of hydrogen-bond donors (Lipinski definition) is 2. The monoisotopic (exact) mass is 429 g/mol. The number of amides is 1. The molecule has 0 unspecified atom stereocenters. The van der Waals surface area contributed by atoms with E-state index < -0.39 is 5.97 Å². The van der Waals surface area contributed by atoms with Crippen LogP contribution in [0.4, 0.5) is 5.13 Å². The molecule has 0 aliphatic heterocycles. The van der Waals surface area contributed by atoms with Crippen molar-refractivity contribution in [1.82, 2.24) is 10.3 Å². The summed E-state index contributed by atoms with van der Waals surface area (Å²) < 4.78 is 11.1. The summed E-state index contributed by atoms with van der Waals surface area (Å²) in [7, 11) is 1.33. The Labute approximate surface area is 177 Å². The van der Waals surface area contributed by atoms with Gasteiger partial charge in [0.25, 0.3) is 5.91 Å². The number of thiazole rings is 1. The van der Waals surface area contributed by atoms with Crippen molar-refractivity contribution in [2.45, 2.75) is 20.0 Å². The summed E-state index contributed by atoms with van der Waals surface area (Å²) in [6.07, 6.45) is 0.0592. The first kappa shape index (κ1) is 20.7. The predicted molar refractivity (Wildman–Crippen MR) is 117 cm³/mol. The highest BCUT2D eigenvalue weighted by molar-refractivity contribution is 7.80. The number of nitrogens with one attached hydrogen (secondary N) is 2. The van der Waals surface area contributed by atoms with Gasteiger partial charge in [-0.1, -0.05) is 11.3 Å². The van der Waals surface area contributed by atoms with E-state index in [1.807, 2.05) is 13.8 Å². The second kappa shape index (κ2) is 8.97. The topological polar surface area (TPSA) is 89.5 Å². The van der Waals surface area contributed by atoms with E-state index in [2.05, 4.69) is 15.6 Å². The molecule has 9 heteroatoms. The van der Waals surface area contributed by atoms with Crippen molar-refractivity contribution in [3.63, 3.8) is 0 Å². The van der Waals surface area contributed by atoms with Crippen LogP contribution in [0.15, 0.2) is 42.5 Å². The highest BCUT2D eigenvalue weighted by atomic mass is 32.1. The van der Waals surface area contributed by atoms with Gasteiger partial charge >= 0.3 is 5.97 Å². The number of methoxy groups -OCH3 is 1. The molecule has 3 aromatic rings. The number of ether oxygens (including phenoxy) is 2. The van der Waals surface area contributed by atoms with Crippen molar-refractivity contribution < 1.29 is 19.1 Å². The summed E-state index contributed by atoms with van der Waals surface area (Å²) in [4.78, 5) is 28.4. The van der Waals surface area contributed by atoms with Crippen molar-refractivity contribution in [3.05, 3.63) is 53.6 Å². The number of rotatable bonds is 5. The van der Waals surface area contributed by atoms with E-state index in [0.29, 0.717) is 27.5 Å². The van der Waals surface area contributed by atoms with Gasteiger partial charge < -0.3 is 14.8 Å². The van der Waals surface area contributed by atoms with Gasteiger partial charge in [0.15, 0.2) is 10.2 Å². The molecule has 0 radical (unpaired) electrons. The number of thiocarbonyl (C=S) groups is 1. The Balaban J connectivity index is 1.64. The Bertz CT molecular complexity index is 1060. The van der Waals surface area contributed by atoms with Crippen LogP contribution < -0.4 is 15.4 Å². The number of carbonyl (C=O) groups excluding carboxylic acids is 2. The number of nitrogens with zero attached hydrogens (tertiary/aromatic N) is 1. The number of anilines is 1. The molecule has 0 atom stereocenters. The fourth-order valence-corrected chi connectivity index (χ4v) is 3.65. The lowest BCUT2D eigenvalue weighted by molar-refractivity contribution is 0.0600. The van der Waals surface area contributed by atoms with Crippen LogP contribution in [0.1, 0.15) is 34.6 Å². The molecule has 2 aromatic carbocycles. The molecule has 0 bridgehead atoms. The summed E-state index contributed by atoms with van der Waals surface area (Å²) >= 11 is 6.52. The Kier molecular flexibility index (Phi) is 6.40. The van der Waals surface area contributed by atoms with Crippen molar-refractivity contribution >= 4 is 55.9 Å². The summed E-state index contributed by atoms with van der Waals surface area (Å²) in [6.45, 7) is 3.87. The molecule has 0 fully saturated rings. The summed E-state index contributed by atoms with van der Waals surface area (Å²) in [5.41, 5.74) is 1.60. The summed E-state index contributed by atoms with van der Waals surface area (Å²) in [5, 5.41) is 6.16. The molecule has 0 aliphatic rings. The lowest BCUT2D eigenvalue weighted by Gasteiger charge is -2.10. The predicted octanol–water partition coefficient (Wildman–Crippen LogP) is 4.00. The molecule has 2 N–H and O–H groups in total. The average Bonchev–Trinajstić information content (AvgIpc) is 3.08. The van der Waals surface area contributed by atoms with Crippen LogP contribution in [-0.2, 0) is 4.74 Å². The molecule has 29 heavy (non-hydrogen) atoms. The lowest BCUT2D eigenvalue weighted by atomic mass is 10.2. The van der Waals surface area contributed by atoms with Gasteiger partial charge in [0.1, 0.15) is 5.75 Å². The van der Waals surface area contributed by atoms with Gasteiger partial charge in [-0.3, -0.25) is 10.1 Å². The SMILES string of the molecule is COC(=O)c1ccc2nc(NC(=S)NC(=O)c3ccc(OC(C)C)cc3)sc2c1. The van der Waals surface area contributed by atoms with Crippen molar-refractivity contribution in [2.24, 2.45) is 0 Å². The maximum Gasteiger partial charge on any atom is 0.337 e. The van der Waals surface area contributed by atoms with Gasteiger partial charge in [-0.15, -0.1) is 0 Å². The Morgan fingerprint density at radius 2 is 1.79 bits per heavy atom. The number of hydrogen-bond acceptors (Lipinski definition) is 7. The van der Waals surface area contributed by atoms with Crippen LogP contribution in [0.3, 0.4) is 0 Å². The average molecular weight is 430 g/mol. The third-order valence-corrected chi connectivity index (χ3v) is 4.88. The molecular formula is C20H19N3O4S2. The first-order valence-corrected chi connectivity index (χ1v) is 9.96. The highest BCUT2D eigenvalue weighted by Crippen LogP contribution is 2.27. The number of aromatic nitrogens is 1. The molecule has 0 spiro atoms. The van der Waals surface area contributed by atoms with Gasteiger partial charge in [-0.2, -0.15) is 0 Å². The van der Waals surface area contributed by atoms with Crippen molar-refractivity contribution in [3.8, 4) is 5.75 Å². The number of esters is 1. The zero-order chi connectivity index (χ0) is 21.0. The zero-order valence-corrected chi connectivity index (χ0v) is 17.6. The van der Waals surface area contributed by atoms with Crippen LogP contribution >= 0.6 is 23.6 Å². The van der Waals surface area contributed by atoms with E-state index in [-0.39, 0.29) is 17.1 Å². The van der Waals surface area contributed by atoms with Crippen LogP contribution in [-0.4, -0.2) is 35.2 Å². The van der Waals surface area contributed by atoms with Gasteiger partial charge in [-0.25, -0.2) is 9.78 Å². The van der Waals surface area contributed by atoms with Crippen molar-refractivity contribution in [1.29, 1.82) is 0 Å². The second-order valence-corrected chi connectivity index (χ2v) is 7.73. The third-order valence-electron chi connectivity index (χ3n) is 3.75.